The number of nitrogens with zero attached hydrogens (tertiary/aromatic N) is 2. The minimum atomic E-state index is 0. The maximum absolute atomic E-state index is 2.41. The van der Waals surface area contributed by atoms with Gasteiger partial charge in [-0.15, -0.1) is 11.8 Å². The van der Waals surface area contributed by atoms with Gasteiger partial charge in [0, 0.05) is 0 Å². The number of imidazole rings is 1. The SMILES string of the molecule is CCCCCCCCCCSCn1c[n+](Cc2ccccc2)c2ccccc21.[Cl-]. The molecule has 29 heavy (non-hydrogen) atoms. The van der Waals surface area contributed by atoms with Crippen molar-refractivity contribution < 1.29 is 17.0 Å². The summed E-state index contributed by atoms with van der Waals surface area (Å²) < 4.78 is 4.79. The second kappa shape index (κ2) is 13.7. The van der Waals surface area contributed by atoms with Gasteiger partial charge in [-0.3, -0.25) is 0 Å². The molecule has 158 valence electrons. The Morgan fingerprint density at radius 1 is 0.793 bits per heavy atom. The Hall–Kier alpha value is -1.45. The van der Waals surface area contributed by atoms with Gasteiger partial charge in [0.05, 0.1) is 0 Å². The zero-order valence-corrected chi connectivity index (χ0v) is 19.3. The molecule has 0 amide bonds. The average molecular weight is 431 g/mol. The van der Waals surface area contributed by atoms with Crippen molar-refractivity contribution in [3.8, 4) is 0 Å². The second-order valence-electron chi connectivity index (χ2n) is 7.70. The fourth-order valence-corrected chi connectivity index (χ4v) is 4.69. The first-order valence-corrected chi connectivity index (χ1v) is 12.1. The minimum Gasteiger partial charge on any atom is -1.00 e. The minimum absolute atomic E-state index is 0. The molecule has 0 saturated carbocycles. The van der Waals surface area contributed by atoms with Gasteiger partial charge in [0.1, 0.15) is 12.4 Å². The number of hydrogen-bond acceptors (Lipinski definition) is 1. The molecule has 1 heterocycles. The predicted octanol–water partition coefficient (Wildman–Crippen LogP) is 3.81. The number of fused-ring (bicyclic) bond motifs is 1. The van der Waals surface area contributed by atoms with E-state index in [0.717, 1.165) is 12.4 Å². The number of thioether (sulfide) groups is 1. The lowest BCUT2D eigenvalue weighted by atomic mass is 10.1. The molecule has 0 N–H and O–H groups in total. The van der Waals surface area contributed by atoms with Crippen molar-refractivity contribution in [3.05, 3.63) is 66.5 Å². The van der Waals surface area contributed by atoms with E-state index in [1.807, 2.05) is 0 Å². The molecule has 0 spiro atoms. The maximum atomic E-state index is 2.41. The monoisotopic (exact) mass is 430 g/mol. The van der Waals surface area contributed by atoms with Crippen LogP contribution in [0.1, 0.15) is 63.9 Å². The Labute approximate surface area is 187 Å². The third-order valence-electron chi connectivity index (χ3n) is 5.35. The molecule has 0 fully saturated rings. The number of halogens is 1. The molecule has 0 aliphatic heterocycles. The van der Waals surface area contributed by atoms with E-state index in [9.17, 15) is 0 Å². The number of hydrogen-bond donors (Lipinski definition) is 0. The molecule has 0 saturated heterocycles. The number of unbranched alkanes of at least 4 members (excludes halogenated alkanes) is 7. The van der Waals surface area contributed by atoms with Crippen LogP contribution in [0, 0.1) is 0 Å². The second-order valence-corrected chi connectivity index (χ2v) is 8.77. The molecule has 0 aliphatic carbocycles. The van der Waals surface area contributed by atoms with E-state index < -0.39 is 0 Å². The Morgan fingerprint density at radius 3 is 2.21 bits per heavy atom. The van der Waals surface area contributed by atoms with Crippen LogP contribution >= 0.6 is 11.8 Å². The summed E-state index contributed by atoms with van der Waals surface area (Å²) in [5, 5.41) is 0. The quantitative estimate of drug-likeness (QED) is 0.296. The normalized spacial score (nSPS) is 10.9. The molecule has 3 rings (SSSR count). The van der Waals surface area contributed by atoms with E-state index in [0.29, 0.717) is 0 Å². The van der Waals surface area contributed by atoms with Crippen LogP contribution in [0.3, 0.4) is 0 Å². The fourth-order valence-electron chi connectivity index (χ4n) is 3.75. The lowest BCUT2D eigenvalue weighted by molar-refractivity contribution is -0.663. The molecule has 0 bridgehead atoms. The summed E-state index contributed by atoms with van der Waals surface area (Å²) in [7, 11) is 0. The summed E-state index contributed by atoms with van der Waals surface area (Å²) in [4.78, 5) is 0. The molecule has 0 radical (unpaired) electrons. The molecule has 0 aliphatic rings. The van der Waals surface area contributed by atoms with E-state index in [-0.39, 0.29) is 12.4 Å². The van der Waals surface area contributed by atoms with Gasteiger partial charge in [0.15, 0.2) is 11.0 Å². The largest absolute Gasteiger partial charge is 1.00 e. The first-order valence-electron chi connectivity index (χ1n) is 11.0. The van der Waals surface area contributed by atoms with Gasteiger partial charge < -0.3 is 12.4 Å². The van der Waals surface area contributed by atoms with Gasteiger partial charge in [-0.05, 0) is 29.9 Å². The first kappa shape index (κ1) is 23.8. The van der Waals surface area contributed by atoms with Crippen molar-refractivity contribution in [2.75, 3.05) is 5.75 Å². The molecular formula is C25H35ClN2S. The zero-order chi connectivity index (χ0) is 19.4. The van der Waals surface area contributed by atoms with Crippen LogP contribution in [0.15, 0.2) is 60.9 Å². The van der Waals surface area contributed by atoms with Gasteiger partial charge in [0.25, 0.3) is 0 Å². The smallest absolute Gasteiger partial charge is 0.245 e. The van der Waals surface area contributed by atoms with Crippen molar-refractivity contribution in [1.82, 2.24) is 4.57 Å². The van der Waals surface area contributed by atoms with E-state index in [1.54, 1.807) is 0 Å². The molecule has 2 nitrogen and oxygen atoms in total. The zero-order valence-electron chi connectivity index (χ0n) is 17.7. The summed E-state index contributed by atoms with van der Waals surface area (Å²) in [6, 6.07) is 19.5. The third-order valence-corrected chi connectivity index (χ3v) is 6.39. The summed E-state index contributed by atoms with van der Waals surface area (Å²) >= 11 is 2.06. The third kappa shape index (κ3) is 7.71. The van der Waals surface area contributed by atoms with E-state index in [4.69, 9.17) is 0 Å². The lowest BCUT2D eigenvalue weighted by Gasteiger charge is -2.02. The van der Waals surface area contributed by atoms with Crippen LogP contribution in [-0.2, 0) is 12.4 Å². The van der Waals surface area contributed by atoms with Crippen LogP contribution in [0.5, 0.6) is 0 Å². The Balaban J connectivity index is 0.00000300. The van der Waals surface area contributed by atoms with Crippen molar-refractivity contribution in [1.29, 1.82) is 0 Å². The summed E-state index contributed by atoms with van der Waals surface area (Å²) in [6.45, 7) is 3.21. The van der Waals surface area contributed by atoms with Gasteiger partial charge >= 0.3 is 0 Å². The summed E-state index contributed by atoms with van der Waals surface area (Å²) in [5.74, 6) is 2.30. The predicted molar refractivity (Wildman–Crippen MR) is 123 cm³/mol. The molecule has 1 aromatic heterocycles. The number of benzene rings is 2. The highest BCUT2D eigenvalue weighted by Gasteiger charge is 2.15. The molecule has 3 aromatic rings. The van der Waals surface area contributed by atoms with Crippen LogP contribution in [0.4, 0.5) is 0 Å². The number of para-hydroxylation sites is 2. The maximum Gasteiger partial charge on any atom is 0.245 e. The van der Waals surface area contributed by atoms with Crippen molar-refractivity contribution in [3.63, 3.8) is 0 Å². The lowest BCUT2D eigenvalue weighted by Crippen LogP contribution is -3.00. The Morgan fingerprint density at radius 2 is 1.45 bits per heavy atom. The molecule has 2 aromatic carbocycles. The van der Waals surface area contributed by atoms with Crippen molar-refractivity contribution in [2.45, 2.75) is 70.7 Å². The van der Waals surface area contributed by atoms with Gasteiger partial charge in [-0.25, -0.2) is 9.13 Å². The van der Waals surface area contributed by atoms with Crippen LogP contribution < -0.4 is 17.0 Å². The molecular weight excluding hydrogens is 396 g/mol. The highest BCUT2D eigenvalue weighted by molar-refractivity contribution is 7.98. The average Bonchev–Trinajstić information content (AvgIpc) is 3.08. The van der Waals surface area contributed by atoms with Crippen molar-refractivity contribution >= 4 is 22.8 Å². The first-order chi connectivity index (χ1) is 13.9. The standard InChI is InChI=1S/C25H35N2S.ClH/c1-2-3-4-5-6-7-8-14-19-28-22-27-21-26(20-23-15-10-9-11-16-23)24-17-12-13-18-25(24)27;/h9-13,15-18,21H,2-8,14,19-20,22H2,1H3;1H/q+1;/p-1. The fraction of sp³-hybridized carbons (Fsp3) is 0.480. The van der Waals surface area contributed by atoms with Crippen molar-refractivity contribution in [2.24, 2.45) is 0 Å². The number of aromatic nitrogens is 2. The van der Waals surface area contributed by atoms with E-state index in [1.165, 1.54) is 73.7 Å². The Kier molecular flexibility index (Phi) is 11.3. The van der Waals surface area contributed by atoms with Crippen LogP contribution in [0.2, 0.25) is 0 Å². The molecule has 0 unspecified atom stereocenters. The Bertz CT molecular complexity index is 816. The molecule has 0 atom stereocenters. The summed E-state index contributed by atoms with van der Waals surface area (Å²) in [5.41, 5.74) is 4.00. The molecule has 4 heteroatoms. The van der Waals surface area contributed by atoms with E-state index in [2.05, 4.69) is 88.7 Å². The van der Waals surface area contributed by atoms with Gasteiger partial charge in [-0.2, -0.15) is 0 Å². The van der Waals surface area contributed by atoms with Crippen LogP contribution in [0.25, 0.3) is 11.0 Å². The van der Waals surface area contributed by atoms with Gasteiger partial charge in [0.2, 0.25) is 6.33 Å². The van der Waals surface area contributed by atoms with E-state index >= 15 is 0 Å². The van der Waals surface area contributed by atoms with Crippen LogP contribution in [-0.4, -0.2) is 10.3 Å². The highest BCUT2D eigenvalue weighted by Crippen LogP contribution is 2.17. The highest BCUT2D eigenvalue weighted by atomic mass is 35.5. The number of rotatable bonds is 13. The summed E-state index contributed by atoms with van der Waals surface area (Å²) in [6.07, 6.45) is 13.5. The van der Waals surface area contributed by atoms with Gasteiger partial charge in [-0.1, -0.05) is 94.3 Å². The topological polar surface area (TPSA) is 8.81 Å².